The van der Waals surface area contributed by atoms with Crippen molar-refractivity contribution in [2.24, 2.45) is 9.98 Å². The first-order chi connectivity index (χ1) is 27.7. The lowest BCUT2D eigenvalue weighted by Gasteiger charge is -2.24. The molecule has 1 aliphatic heterocycles. The topological polar surface area (TPSA) is 41.7 Å². The van der Waals surface area contributed by atoms with Gasteiger partial charge in [-0.3, -0.25) is 0 Å². The normalized spacial score (nSPS) is 14.2. The van der Waals surface area contributed by atoms with Gasteiger partial charge in [-0.2, -0.15) is 0 Å². The number of hydrogen-bond donors (Lipinski definition) is 1. The van der Waals surface area contributed by atoms with Crippen LogP contribution in [0.3, 0.4) is 0 Å². The molecule has 1 atom stereocenters. The van der Waals surface area contributed by atoms with Crippen molar-refractivity contribution in [3.8, 4) is 27.9 Å². The van der Waals surface area contributed by atoms with Gasteiger partial charge in [0, 0.05) is 53.3 Å². The minimum absolute atomic E-state index is 0.335. The average molecular weight is 735 g/mol. The molecule has 264 valence electrons. The summed E-state index contributed by atoms with van der Waals surface area (Å²) in [7, 11) is 0. The molecule has 1 aliphatic rings. The van der Waals surface area contributed by atoms with Crippen molar-refractivity contribution in [1.82, 2.24) is 9.88 Å². The Morgan fingerprint density at radius 1 is 0.446 bits per heavy atom. The molecule has 1 N–H and O–H groups in total. The van der Waals surface area contributed by atoms with E-state index in [0.717, 1.165) is 39.3 Å². The molecule has 8 aromatic carbocycles. The predicted octanol–water partition coefficient (Wildman–Crippen LogP) is 13.0. The molecule has 0 bridgehead atoms. The van der Waals surface area contributed by atoms with E-state index in [-0.39, 0.29) is 6.17 Å². The van der Waals surface area contributed by atoms with E-state index < -0.39 is 0 Å². The van der Waals surface area contributed by atoms with Gasteiger partial charge in [-0.25, -0.2) is 9.98 Å². The standard InChI is InChI=1S/C51H34N4S/c1-3-13-33(14-4-1)36-15-11-16-37(31-36)34-25-27-35(28-26-34)49-52-50(54-51(53-49)43-22-12-21-42-41-20-8-10-24-47(41)56-48(42)43)38-29-30-46-44(32-38)40-19-7-9-23-45(40)55(46)39-17-5-2-6-18-39/h1-32,51H,(H,52,53,54). The van der Waals surface area contributed by atoms with Gasteiger partial charge in [-0.1, -0.05) is 146 Å². The molecule has 0 spiro atoms. The first kappa shape index (κ1) is 32.4. The van der Waals surface area contributed by atoms with Gasteiger partial charge in [0.05, 0.1) is 11.0 Å². The molecule has 4 nitrogen and oxygen atoms in total. The third-order valence-electron chi connectivity index (χ3n) is 10.9. The number of rotatable bonds is 6. The van der Waals surface area contributed by atoms with E-state index in [4.69, 9.17) is 9.98 Å². The van der Waals surface area contributed by atoms with Gasteiger partial charge in [0.2, 0.25) is 0 Å². The van der Waals surface area contributed by atoms with E-state index in [2.05, 4.69) is 204 Å². The van der Waals surface area contributed by atoms with Crippen LogP contribution in [0.1, 0.15) is 22.9 Å². The molecule has 0 saturated heterocycles. The highest BCUT2D eigenvalue weighted by atomic mass is 32.1. The molecule has 0 fully saturated rings. The van der Waals surface area contributed by atoms with Crippen LogP contribution in [0.5, 0.6) is 0 Å². The third-order valence-corrected chi connectivity index (χ3v) is 12.1. The molecular weight excluding hydrogens is 701 g/mol. The number of benzene rings is 8. The SMILES string of the molecule is c1ccc(-c2cccc(-c3ccc(C4=NC(c5ccc6c(c5)c5ccccc5n6-c5ccccc5)=NC(c5cccc6c5sc5ccccc56)N4)cc3)c2)cc1. The molecule has 1 unspecified atom stereocenters. The van der Waals surface area contributed by atoms with Crippen molar-refractivity contribution in [3.63, 3.8) is 0 Å². The number of thiophene rings is 1. The molecule has 0 radical (unpaired) electrons. The number of nitrogens with one attached hydrogen (secondary N) is 1. The lowest BCUT2D eigenvalue weighted by atomic mass is 9.98. The van der Waals surface area contributed by atoms with Gasteiger partial charge in [0.25, 0.3) is 0 Å². The number of para-hydroxylation sites is 2. The second-order valence-electron chi connectivity index (χ2n) is 14.2. The van der Waals surface area contributed by atoms with E-state index in [1.807, 2.05) is 11.3 Å². The minimum Gasteiger partial charge on any atom is -0.344 e. The minimum atomic E-state index is -0.335. The number of aromatic nitrogens is 1. The quantitative estimate of drug-likeness (QED) is 0.182. The van der Waals surface area contributed by atoms with Crippen molar-refractivity contribution >= 4 is 65.0 Å². The van der Waals surface area contributed by atoms with Gasteiger partial charge in [-0.05, 0) is 70.8 Å². The summed E-state index contributed by atoms with van der Waals surface area (Å²) >= 11 is 1.83. The summed E-state index contributed by atoms with van der Waals surface area (Å²) in [5.74, 6) is 1.51. The van der Waals surface area contributed by atoms with Crippen LogP contribution in [0, 0.1) is 0 Å². The maximum Gasteiger partial charge on any atom is 0.159 e. The largest absolute Gasteiger partial charge is 0.344 e. The summed E-state index contributed by atoms with van der Waals surface area (Å²) < 4.78 is 4.86. The Balaban J connectivity index is 1.04. The highest BCUT2D eigenvalue weighted by molar-refractivity contribution is 7.26. The average Bonchev–Trinajstić information content (AvgIpc) is 3.83. The zero-order valence-corrected chi connectivity index (χ0v) is 31.1. The van der Waals surface area contributed by atoms with E-state index in [1.54, 1.807) is 0 Å². The molecule has 10 aromatic rings. The molecule has 11 rings (SSSR count). The van der Waals surface area contributed by atoms with Crippen LogP contribution in [0.2, 0.25) is 0 Å². The smallest absolute Gasteiger partial charge is 0.159 e. The third kappa shape index (κ3) is 5.52. The van der Waals surface area contributed by atoms with Gasteiger partial charge >= 0.3 is 0 Å². The Morgan fingerprint density at radius 3 is 1.88 bits per heavy atom. The highest BCUT2D eigenvalue weighted by Crippen LogP contribution is 2.39. The van der Waals surface area contributed by atoms with E-state index >= 15 is 0 Å². The van der Waals surface area contributed by atoms with Crippen LogP contribution in [-0.4, -0.2) is 16.2 Å². The molecule has 0 amide bonds. The first-order valence-corrected chi connectivity index (χ1v) is 19.8. The van der Waals surface area contributed by atoms with E-state index in [0.29, 0.717) is 5.84 Å². The molecule has 0 aliphatic carbocycles. The summed E-state index contributed by atoms with van der Waals surface area (Å²) in [5.41, 5.74) is 11.3. The summed E-state index contributed by atoms with van der Waals surface area (Å²) in [6.07, 6.45) is -0.335. The van der Waals surface area contributed by atoms with Crippen molar-refractivity contribution in [2.45, 2.75) is 6.17 Å². The second-order valence-corrected chi connectivity index (χ2v) is 15.3. The fourth-order valence-corrected chi connectivity index (χ4v) is 9.41. The lowest BCUT2D eigenvalue weighted by Crippen LogP contribution is -2.33. The Bertz CT molecular complexity index is 3150. The van der Waals surface area contributed by atoms with Crippen molar-refractivity contribution in [3.05, 3.63) is 211 Å². The Hall–Kier alpha value is -7.08. The molecule has 0 saturated carbocycles. The Labute approximate surface area is 328 Å². The molecule has 56 heavy (non-hydrogen) atoms. The van der Waals surface area contributed by atoms with Crippen LogP contribution in [0.4, 0.5) is 0 Å². The van der Waals surface area contributed by atoms with Gasteiger partial charge in [0.15, 0.2) is 5.84 Å². The Morgan fingerprint density at radius 2 is 1.05 bits per heavy atom. The van der Waals surface area contributed by atoms with Crippen LogP contribution in [-0.2, 0) is 0 Å². The summed E-state index contributed by atoms with van der Waals surface area (Å²) in [5, 5.41) is 8.67. The fraction of sp³-hybridized carbons (Fsp3) is 0.0196. The number of nitrogens with zero attached hydrogens (tertiary/aromatic N) is 3. The number of amidine groups is 2. The first-order valence-electron chi connectivity index (χ1n) is 18.9. The zero-order chi connectivity index (χ0) is 37.0. The van der Waals surface area contributed by atoms with Gasteiger partial charge < -0.3 is 9.88 Å². The number of aliphatic imine (C=N–C) groups is 2. The van der Waals surface area contributed by atoms with Gasteiger partial charge in [0.1, 0.15) is 12.0 Å². The fourth-order valence-electron chi connectivity index (χ4n) is 8.17. The van der Waals surface area contributed by atoms with Crippen LogP contribution < -0.4 is 5.32 Å². The Kier molecular flexibility index (Phi) is 7.71. The van der Waals surface area contributed by atoms with Crippen molar-refractivity contribution in [1.29, 1.82) is 0 Å². The molecule has 3 heterocycles. The zero-order valence-electron chi connectivity index (χ0n) is 30.3. The van der Waals surface area contributed by atoms with E-state index in [9.17, 15) is 0 Å². The number of hydrogen-bond acceptors (Lipinski definition) is 4. The molecular formula is C51H34N4S. The van der Waals surface area contributed by atoms with Crippen LogP contribution in [0.15, 0.2) is 204 Å². The maximum atomic E-state index is 5.39. The number of fused-ring (bicyclic) bond motifs is 6. The van der Waals surface area contributed by atoms with Crippen molar-refractivity contribution < 1.29 is 0 Å². The van der Waals surface area contributed by atoms with Crippen LogP contribution >= 0.6 is 11.3 Å². The summed E-state index contributed by atoms with van der Waals surface area (Å²) in [6, 6.07) is 69.1. The van der Waals surface area contributed by atoms with E-state index in [1.165, 1.54) is 53.2 Å². The predicted molar refractivity (Wildman–Crippen MR) is 236 cm³/mol. The van der Waals surface area contributed by atoms with Crippen molar-refractivity contribution in [2.75, 3.05) is 0 Å². The maximum absolute atomic E-state index is 5.39. The summed E-state index contributed by atoms with van der Waals surface area (Å²) in [6.45, 7) is 0. The monoisotopic (exact) mass is 734 g/mol. The molecule has 5 heteroatoms. The second kappa shape index (κ2) is 13.3. The lowest BCUT2D eigenvalue weighted by molar-refractivity contribution is 0.680. The van der Waals surface area contributed by atoms with Crippen LogP contribution in [0.25, 0.3) is 69.9 Å². The van der Waals surface area contributed by atoms with Gasteiger partial charge in [-0.15, -0.1) is 11.3 Å². The summed E-state index contributed by atoms with van der Waals surface area (Å²) in [4.78, 5) is 10.7. The molecule has 2 aromatic heterocycles. The highest BCUT2D eigenvalue weighted by Gasteiger charge is 2.25.